The molecule has 3 aromatic rings. The van der Waals surface area contributed by atoms with Crippen LogP contribution in [0.1, 0.15) is 17.8 Å². The lowest BCUT2D eigenvalue weighted by Crippen LogP contribution is -2.37. The van der Waals surface area contributed by atoms with Crippen molar-refractivity contribution < 1.29 is 13.0 Å². The number of thiophene rings is 1. The molecule has 3 atom stereocenters. The fourth-order valence-electron chi connectivity index (χ4n) is 2.75. The maximum atomic E-state index is 14.6. The zero-order valence-electron chi connectivity index (χ0n) is 13.8. The summed E-state index contributed by atoms with van der Waals surface area (Å²) < 4.78 is 31.9. The summed E-state index contributed by atoms with van der Waals surface area (Å²) in [5, 5.41) is 7.27. The predicted molar refractivity (Wildman–Crippen MR) is 99.8 cm³/mol. The van der Waals surface area contributed by atoms with Gasteiger partial charge in [0.1, 0.15) is 17.7 Å². The van der Waals surface area contributed by atoms with Gasteiger partial charge in [-0.15, -0.1) is 21.5 Å². The summed E-state index contributed by atoms with van der Waals surface area (Å²) in [6.45, 7) is 1.77. The van der Waals surface area contributed by atoms with E-state index >= 15 is 0 Å². The number of rotatable bonds is 3. The smallest absolute Gasteiger partial charge is 0.247 e. The molecule has 134 valence electrons. The third-order valence-corrected chi connectivity index (χ3v) is 7.14. The first-order valence-electron chi connectivity index (χ1n) is 7.89. The van der Waals surface area contributed by atoms with Crippen molar-refractivity contribution in [3.63, 3.8) is 0 Å². The number of hydrogen-bond acceptors (Lipinski definition) is 7. The van der Waals surface area contributed by atoms with Gasteiger partial charge in [0.05, 0.1) is 15.9 Å². The molecule has 3 heterocycles. The van der Waals surface area contributed by atoms with Crippen molar-refractivity contribution in [3.05, 3.63) is 47.4 Å². The molecule has 1 aliphatic rings. The molecule has 0 amide bonds. The summed E-state index contributed by atoms with van der Waals surface area (Å²) in [6, 6.07) is 8.40. The monoisotopic (exact) mass is 390 g/mol. The van der Waals surface area contributed by atoms with Crippen LogP contribution in [0, 0.1) is 5.82 Å². The van der Waals surface area contributed by atoms with Gasteiger partial charge in [-0.3, -0.25) is 9.20 Å². The second-order valence-electron chi connectivity index (χ2n) is 5.91. The van der Waals surface area contributed by atoms with E-state index in [4.69, 9.17) is 10.2 Å². The van der Waals surface area contributed by atoms with Crippen LogP contribution in [-0.2, 0) is 10.8 Å². The second-order valence-corrected chi connectivity index (χ2v) is 8.79. The summed E-state index contributed by atoms with van der Waals surface area (Å²) >= 11 is 1.29. The van der Waals surface area contributed by atoms with Crippen molar-refractivity contribution in [2.24, 2.45) is 10.7 Å². The van der Waals surface area contributed by atoms with Crippen LogP contribution in [-0.4, -0.2) is 31.2 Å². The molecule has 1 aliphatic heterocycles. The van der Waals surface area contributed by atoms with Crippen molar-refractivity contribution in [1.82, 2.24) is 10.2 Å². The minimum Gasteiger partial charge on any atom is -0.423 e. The number of nitrogens with two attached hydrogens (primary N) is 1. The molecule has 0 bridgehead atoms. The third kappa shape index (κ3) is 3.08. The summed E-state index contributed by atoms with van der Waals surface area (Å²) in [7, 11) is -1.16. The first-order chi connectivity index (χ1) is 12.5. The Morgan fingerprint density at radius 3 is 2.88 bits per heavy atom. The summed E-state index contributed by atoms with van der Waals surface area (Å²) in [5.74, 6) is 0.632. The SMILES string of the molecule is CC1C(N)=NC(c2sc(-c3cccc(-c4nnco4)c3)cc2F)CS1=O. The zero-order valence-corrected chi connectivity index (χ0v) is 15.4. The third-order valence-electron chi connectivity index (χ3n) is 4.21. The molecule has 0 radical (unpaired) electrons. The van der Waals surface area contributed by atoms with Gasteiger partial charge in [-0.1, -0.05) is 12.1 Å². The minimum absolute atomic E-state index is 0.279. The molecule has 0 fully saturated rings. The molecule has 26 heavy (non-hydrogen) atoms. The summed E-state index contributed by atoms with van der Waals surface area (Å²) in [5.41, 5.74) is 7.44. The van der Waals surface area contributed by atoms with E-state index in [-0.39, 0.29) is 16.8 Å². The minimum atomic E-state index is -1.16. The van der Waals surface area contributed by atoms with E-state index in [9.17, 15) is 8.60 Å². The van der Waals surface area contributed by atoms with Gasteiger partial charge < -0.3 is 10.2 Å². The predicted octanol–water partition coefficient (Wildman–Crippen LogP) is 3.15. The number of nitrogens with zero attached hydrogens (tertiary/aromatic N) is 3. The Labute approximate surface area is 155 Å². The number of halogens is 1. The van der Waals surface area contributed by atoms with E-state index < -0.39 is 16.8 Å². The Balaban J connectivity index is 1.70. The van der Waals surface area contributed by atoms with Gasteiger partial charge in [0.15, 0.2) is 0 Å². The van der Waals surface area contributed by atoms with Crippen LogP contribution in [0.4, 0.5) is 4.39 Å². The Morgan fingerprint density at radius 2 is 2.15 bits per heavy atom. The van der Waals surface area contributed by atoms with Crippen LogP contribution < -0.4 is 5.73 Å². The van der Waals surface area contributed by atoms with Crippen LogP contribution in [0.15, 0.2) is 46.1 Å². The molecule has 1 aromatic carbocycles. The molecular formula is C17H15FN4O2S2. The maximum absolute atomic E-state index is 14.6. The van der Waals surface area contributed by atoms with E-state index in [1.54, 1.807) is 6.92 Å². The molecule has 2 aromatic heterocycles. The topological polar surface area (TPSA) is 94.4 Å². The van der Waals surface area contributed by atoms with Crippen LogP contribution in [0.2, 0.25) is 0 Å². The fraction of sp³-hybridized carbons (Fsp3) is 0.235. The lowest BCUT2D eigenvalue weighted by Gasteiger charge is -2.22. The van der Waals surface area contributed by atoms with Gasteiger partial charge in [-0.05, 0) is 30.7 Å². The van der Waals surface area contributed by atoms with Crippen molar-refractivity contribution in [2.45, 2.75) is 18.2 Å². The largest absolute Gasteiger partial charge is 0.423 e. The zero-order chi connectivity index (χ0) is 18.3. The number of benzene rings is 1. The Bertz CT molecular complexity index is 1000. The van der Waals surface area contributed by atoms with Crippen LogP contribution in [0.5, 0.6) is 0 Å². The van der Waals surface area contributed by atoms with E-state index in [0.29, 0.717) is 16.6 Å². The molecule has 9 heteroatoms. The molecule has 0 spiro atoms. The van der Waals surface area contributed by atoms with Gasteiger partial charge >= 0.3 is 0 Å². The first kappa shape index (κ1) is 17.0. The average Bonchev–Trinajstić information content (AvgIpc) is 3.29. The summed E-state index contributed by atoms with van der Waals surface area (Å²) in [6.07, 6.45) is 1.26. The van der Waals surface area contributed by atoms with Crippen LogP contribution >= 0.6 is 11.3 Å². The van der Waals surface area contributed by atoms with E-state index in [0.717, 1.165) is 16.0 Å². The van der Waals surface area contributed by atoms with Crippen molar-refractivity contribution in [2.75, 3.05) is 5.75 Å². The molecule has 0 saturated carbocycles. The Morgan fingerprint density at radius 1 is 1.35 bits per heavy atom. The van der Waals surface area contributed by atoms with Crippen LogP contribution in [0.3, 0.4) is 0 Å². The van der Waals surface area contributed by atoms with Gasteiger partial charge in [0.2, 0.25) is 12.3 Å². The maximum Gasteiger partial charge on any atom is 0.247 e. The van der Waals surface area contributed by atoms with Crippen molar-refractivity contribution in [3.8, 4) is 21.9 Å². The highest BCUT2D eigenvalue weighted by atomic mass is 32.2. The number of amidine groups is 1. The highest BCUT2D eigenvalue weighted by Gasteiger charge is 2.30. The Kier molecular flexibility index (Phi) is 4.41. The first-order valence-corrected chi connectivity index (χ1v) is 10.1. The number of hydrogen-bond donors (Lipinski definition) is 1. The average molecular weight is 390 g/mol. The molecule has 3 unspecified atom stereocenters. The highest BCUT2D eigenvalue weighted by Crippen LogP contribution is 2.38. The van der Waals surface area contributed by atoms with E-state index in [1.807, 2.05) is 24.3 Å². The molecule has 6 nitrogen and oxygen atoms in total. The van der Waals surface area contributed by atoms with Crippen LogP contribution in [0.25, 0.3) is 21.9 Å². The number of aliphatic imine (C=N–C) groups is 1. The van der Waals surface area contributed by atoms with E-state index in [1.165, 1.54) is 23.8 Å². The van der Waals surface area contributed by atoms with Gasteiger partial charge in [0, 0.05) is 21.2 Å². The Hall–Kier alpha value is -2.39. The second kappa shape index (κ2) is 6.73. The van der Waals surface area contributed by atoms with Gasteiger partial charge in [0.25, 0.3) is 0 Å². The van der Waals surface area contributed by atoms with Crippen molar-refractivity contribution >= 4 is 28.0 Å². The van der Waals surface area contributed by atoms with Gasteiger partial charge in [-0.2, -0.15) is 0 Å². The molecule has 4 rings (SSSR count). The van der Waals surface area contributed by atoms with Crippen molar-refractivity contribution in [1.29, 1.82) is 0 Å². The molecule has 0 aliphatic carbocycles. The standard InChI is InChI=1S/C17H15FN4O2S2/c1-9-16(19)21-13(7-26(9)23)15-12(18)6-14(25-15)10-3-2-4-11(5-10)17-22-20-8-24-17/h2-6,8-9,13H,7H2,1H3,(H2,19,21). The quantitative estimate of drug-likeness (QED) is 0.741. The molecular weight excluding hydrogens is 375 g/mol. The number of aromatic nitrogens is 2. The molecule has 2 N–H and O–H groups in total. The van der Waals surface area contributed by atoms with Gasteiger partial charge in [-0.25, -0.2) is 4.39 Å². The lowest BCUT2D eigenvalue weighted by molar-refractivity contribution is 0.568. The van der Waals surface area contributed by atoms with E-state index in [2.05, 4.69) is 15.2 Å². The highest BCUT2D eigenvalue weighted by molar-refractivity contribution is 7.86. The molecule has 0 saturated heterocycles. The summed E-state index contributed by atoms with van der Waals surface area (Å²) in [4.78, 5) is 5.55. The fourth-order valence-corrected chi connectivity index (χ4v) is 5.10. The normalized spacial score (nSPS) is 23.0. The lowest BCUT2D eigenvalue weighted by atomic mass is 10.1.